The molecule has 100 valence electrons. The highest BCUT2D eigenvalue weighted by molar-refractivity contribution is 5.28. The molecule has 1 atom stereocenters. The molecule has 0 saturated carbocycles. The third-order valence-corrected chi connectivity index (χ3v) is 3.10. The van der Waals surface area contributed by atoms with Gasteiger partial charge in [-0.15, -0.1) is 0 Å². The summed E-state index contributed by atoms with van der Waals surface area (Å²) in [5, 5.41) is 10.2. The molecule has 0 amide bonds. The maximum Gasteiger partial charge on any atom is 0.126 e. The van der Waals surface area contributed by atoms with Crippen LogP contribution >= 0.6 is 0 Å². The molecule has 1 N–H and O–H groups in total. The number of aryl methyl sites for hydroxylation is 1. The summed E-state index contributed by atoms with van der Waals surface area (Å²) in [5.74, 6) is -1.01. The first kappa shape index (κ1) is 13.6. The highest BCUT2D eigenvalue weighted by atomic mass is 19.1. The predicted molar refractivity (Wildman–Crippen MR) is 68.6 cm³/mol. The Labute approximate surface area is 110 Å². The quantitative estimate of drug-likeness (QED) is 0.919. The van der Waals surface area contributed by atoms with Gasteiger partial charge in [-0.3, -0.25) is 4.98 Å². The number of aliphatic hydroxyl groups excluding tert-OH is 1. The van der Waals surface area contributed by atoms with E-state index in [1.54, 1.807) is 18.5 Å². The predicted octanol–water partition coefficient (Wildman–Crippen LogP) is 3.20. The lowest BCUT2D eigenvalue weighted by molar-refractivity contribution is 0.176. The third-order valence-electron chi connectivity index (χ3n) is 3.10. The lowest BCUT2D eigenvalue weighted by atomic mass is 9.97. The molecule has 0 spiro atoms. The zero-order valence-electron chi connectivity index (χ0n) is 10.6. The Bertz CT molecular complexity index is 572. The van der Waals surface area contributed by atoms with Crippen LogP contribution in [0.4, 0.5) is 8.78 Å². The number of nitrogens with zero attached hydrogens (tertiary/aromatic N) is 1. The summed E-state index contributed by atoms with van der Waals surface area (Å²) in [6.07, 6.45) is 3.17. The van der Waals surface area contributed by atoms with E-state index in [0.717, 1.165) is 30.2 Å². The molecule has 0 aliphatic rings. The van der Waals surface area contributed by atoms with Crippen molar-refractivity contribution in [3.63, 3.8) is 0 Å². The molecule has 0 fully saturated rings. The lowest BCUT2D eigenvalue weighted by Gasteiger charge is -2.15. The number of hydrogen-bond acceptors (Lipinski definition) is 2. The van der Waals surface area contributed by atoms with E-state index in [0.29, 0.717) is 5.56 Å². The molecule has 0 aliphatic heterocycles. The zero-order chi connectivity index (χ0) is 13.8. The van der Waals surface area contributed by atoms with Gasteiger partial charge in [0, 0.05) is 18.8 Å². The van der Waals surface area contributed by atoms with E-state index in [-0.39, 0.29) is 12.0 Å². The summed E-state index contributed by atoms with van der Waals surface area (Å²) in [4.78, 5) is 3.99. The first-order valence-corrected chi connectivity index (χ1v) is 6.16. The van der Waals surface area contributed by atoms with Crippen LogP contribution in [0.3, 0.4) is 0 Å². The molecule has 19 heavy (non-hydrogen) atoms. The zero-order valence-corrected chi connectivity index (χ0v) is 10.6. The number of aliphatic hydroxyl groups is 1. The summed E-state index contributed by atoms with van der Waals surface area (Å²) < 4.78 is 26.6. The van der Waals surface area contributed by atoms with Crippen molar-refractivity contribution in [2.24, 2.45) is 0 Å². The van der Waals surface area contributed by atoms with Crippen molar-refractivity contribution in [1.82, 2.24) is 4.98 Å². The van der Waals surface area contributed by atoms with Gasteiger partial charge in [0.25, 0.3) is 0 Å². The summed E-state index contributed by atoms with van der Waals surface area (Å²) in [5.41, 5.74) is 1.79. The van der Waals surface area contributed by atoms with Crippen LogP contribution in [0, 0.1) is 11.6 Å². The van der Waals surface area contributed by atoms with E-state index in [2.05, 4.69) is 4.98 Å². The Balaban J connectivity index is 2.25. The minimum Gasteiger partial charge on any atom is -0.388 e. The molecule has 2 aromatic rings. The van der Waals surface area contributed by atoms with Crippen molar-refractivity contribution in [3.8, 4) is 0 Å². The Morgan fingerprint density at radius 3 is 2.74 bits per heavy atom. The van der Waals surface area contributed by atoms with Gasteiger partial charge in [-0.25, -0.2) is 8.78 Å². The van der Waals surface area contributed by atoms with Gasteiger partial charge in [0.05, 0.1) is 6.10 Å². The molecular weight excluding hydrogens is 248 g/mol. The van der Waals surface area contributed by atoms with Crippen LogP contribution in [0.15, 0.2) is 36.7 Å². The highest BCUT2D eigenvalue weighted by Crippen LogP contribution is 2.23. The van der Waals surface area contributed by atoms with Gasteiger partial charge in [-0.05, 0) is 47.4 Å². The van der Waals surface area contributed by atoms with Gasteiger partial charge in [0.2, 0.25) is 0 Å². The largest absolute Gasteiger partial charge is 0.388 e. The minimum atomic E-state index is -0.866. The SMILES string of the molecule is CCc1cnccc1C(O)Cc1cc(F)ccc1F. The second kappa shape index (κ2) is 5.89. The number of halogens is 2. The van der Waals surface area contributed by atoms with E-state index in [1.807, 2.05) is 6.92 Å². The Kier molecular flexibility index (Phi) is 4.22. The number of benzene rings is 1. The Morgan fingerprint density at radius 1 is 1.21 bits per heavy atom. The van der Waals surface area contributed by atoms with Gasteiger partial charge < -0.3 is 5.11 Å². The van der Waals surface area contributed by atoms with Crippen LogP contribution in [0.2, 0.25) is 0 Å². The van der Waals surface area contributed by atoms with Gasteiger partial charge >= 0.3 is 0 Å². The van der Waals surface area contributed by atoms with E-state index in [1.165, 1.54) is 0 Å². The van der Waals surface area contributed by atoms with Crippen LogP contribution in [-0.4, -0.2) is 10.1 Å². The van der Waals surface area contributed by atoms with Gasteiger partial charge in [0.15, 0.2) is 0 Å². The summed E-state index contributed by atoms with van der Waals surface area (Å²) in [6.45, 7) is 1.95. The fourth-order valence-corrected chi connectivity index (χ4v) is 2.08. The monoisotopic (exact) mass is 263 g/mol. The lowest BCUT2D eigenvalue weighted by Crippen LogP contribution is -2.07. The minimum absolute atomic E-state index is 0.0423. The molecule has 1 heterocycles. The van der Waals surface area contributed by atoms with Crippen molar-refractivity contribution in [1.29, 1.82) is 0 Å². The van der Waals surface area contributed by atoms with Gasteiger partial charge in [0.1, 0.15) is 11.6 Å². The first-order chi connectivity index (χ1) is 9.11. The molecule has 0 saturated heterocycles. The molecule has 2 rings (SSSR count). The molecule has 1 aromatic heterocycles. The van der Waals surface area contributed by atoms with E-state index < -0.39 is 17.7 Å². The Morgan fingerprint density at radius 2 is 2.00 bits per heavy atom. The average molecular weight is 263 g/mol. The molecule has 0 aliphatic carbocycles. The number of hydrogen-bond donors (Lipinski definition) is 1. The smallest absolute Gasteiger partial charge is 0.126 e. The van der Waals surface area contributed by atoms with E-state index in [9.17, 15) is 13.9 Å². The highest BCUT2D eigenvalue weighted by Gasteiger charge is 2.15. The summed E-state index contributed by atoms with van der Waals surface area (Å²) in [6, 6.07) is 4.96. The van der Waals surface area contributed by atoms with Crippen LogP contribution in [0.5, 0.6) is 0 Å². The number of pyridine rings is 1. The van der Waals surface area contributed by atoms with Crippen molar-refractivity contribution in [3.05, 3.63) is 65.0 Å². The van der Waals surface area contributed by atoms with Crippen LogP contribution in [0.1, 0.15) is 29.7 Å². The van der Waals surface area contributed by atoms with Gasteiger partial charge in [-0.1, -0.05) is 6.92 Å². The maximum atomic E-state index is 13.5. The second-order valence-corrected chi connectivity index (χ2v) is 4.38. The molecule has 4 heteroatoms. The van der Waals surface area contributed by atoms with Crippen LogP contribution in [0.25, 0.3) is 0 Å². The average Bonchev–Trinajstić information content (AvgIpc) is 2.42. The molecule has 2 nitrogen and oxygen atoms in total. The fraction of sp³-hybridized carbons (Fsp3) is 0.267. The van der Waals surface area contributed by atoms with E-state index in [4.69, 9.17) is 0 Å². The van der Waals surface area contributed by atoms with E-state index >= 15 is 0 Å². The number of rotatable bonds is 4. The van der Waals surface area contributed by atoms with Crippen molar-refractivity contribution >= 4 is 0 Å². The standard InChI is InChI=1S/C15H15F2NO/c1-2-10-9-18-6-5-13(10)15(19)8-11-7-12(16)3-4-14(11)17/h3-7,9,15,19H,2,8H2,1H3. The molecule has 0 bridgehead atoms. The molecule has 1 aromatic carbocycles. The van der Waals surface area contributed by atoms with Crippen LogP contribution < -0.4 is 0 Å². The third kappa shape index (κ3) is 3.15. The first-order valence-electron chi connectivity index (χ1n) is 6.16. The summed E-state index contributed by atoms with van der Waals surface area (Å²) >= 11 is 0. The Hall–Kier alpha value is -1.81. The number of aromatic nitrogens is 1. The molecular formula is C15H15F2NO. The molecule has 0 radical (unpaired) electrons. The second-order valence-electron chi connectivity index (χ2n) is 4.38. The fourth-order valence-electron chi connectivity index (χ4n) is 2.08. The summed E-state index contributed by atoms with van der Waals surface area (Å²) in [7, 11) is 0. The van der Waals surface area contributed by atoms with Crippen molar-refractivity contribution < 1.29 is 13.9 Å². The van der Waals surface area contributed by atoms with Crippen molar-refractivity contribution in [2.75, 3.05) is 0 Å². The topological polar surface area (TPSA) is 33.1 Å². The van der Waals surface area contributed by atoms with Crippen molar-refractivity contribution in [2.45, 2.75) is 25.9 Å². The van der Waals surface area contributed by atoms with Crippen LogP contribution in [-0.2, 0) is 12.8 Å². The maximum absolute atomic E-state index is 13.5. The molecule has 1 unspecified atom stereocenters. The normalized spacial score (nSPS) is 12.4. The van der Waals surface area contributed by atoms with Gasteiger partial charge in [-0.2, -0.15) is 0 Å².